The van der Waals surface area contributed by atoms with Crippen LogP contribution < -0.4 is 16.6 Å². The van der Waals surface area contributed by atoms with Crippen LogP contribution in [0.15, 0.2) is 0 Å². The molecule has 0 bridgehead atoms. The third kappa shape index (κ3) is 3.45. The fourth-order valence-electron chi connectivity index (χ4n) is 1.59. The lowest BCUT2D eigenvalue weighted by molar-refractivity contribution is -0.0451. The van der Waals surface area contributed by atoms with Gasteiger partial charge in [0.2, 0.25) is 5.92 Å². The first kappa shape index (κ1) is 11.2. The van der Waals surface area contributed by atoms with E-state index in [0.29, 0.717) is 19.4 Å². The number of nitrogens with two attached hydrogens (primary N) is 1. The summed E-state index contributed by atoms with van der Waals surface area (Å²) < 4.78 is 25.4. The number of hydrogen-bond donors (Lipinski definition) is 3. The molecule has 0 heterocycles. The van der Waals surface area contributed by atoms with Crippen molar-refractivity contribution in [3.8, 4) is 0 Å². The molecular weight excluding hydrogens is 192 g/mol. The van der Waals surface area contributed by atoms with Crippen molar-refractivity contribution in [2.45, 2.75) is 31.6 Å². The molecule has 0 aromatic carbocycles. The summed E-state index contributed by atoms with van der Waals surface area (Å²) in [5.41, 5.74) is 1.92. The molecule has 0 aliphatic heterocycles. The molecule has 0 atom stereocenters. The lowest BCUT2D eigenvalue weighted by Gasteiger charge is -2.28. The minimum Gasteiger partial charge on any atom is -0.337 e. The van der Waals surface area contributed by atoms with Gasteiger partial charge in [-0.3, -0.25) is 5.43 Å². The molecule has 1 aliphatic rings. The highest BCUT2D eigenvalue weighted by Gasteiger charge is 2.34. The Morgan fingerprint density at radius 1 is 1.43 bits per heavy atom. The Labute approximate surface area is 81.2 Å². The average Bonchev–Trinajstić information content (AvgIpc) is 2.16. The molecule has 2 amide bonds. The molecule has 1 saturated carbocycles. The average molecular weight is 207 g/mol. The number of urea groups is 1. The van der Waals surface area contributed by atoms with Crippen molar-refractivity contribution in [3.05, 3.63) is 0 Å². The smallest absolute Gasteiger partial charge is 0.328 e. The molecule has 0 saturated heterocycles. The number of hydrogen-bond acceptors (Lipinski definition) is 2. The van der Waals surface area contributed by atoms with Gasteiger partial charge in [0, 0.05) is 19.4 Å². The van der Waals surface area contributed by atoms with Crippen molar-refractivity contribution in [1.29, 1.82) is 0 Å². The molecule has 0 unspecified atom stereocenters. The van der Waals surface area contributed by atoms with Gasteiger partial charge in [-0.05, 0) is 18.8 Å². The first-order chi connectivity index (χ1) is 6.53. The standard InChI is InChI=1S/C8H15F2N3O/c9-8(10)3-1-6(2-4-8)5-12-7(14)13-11/h6H,1-5,11H2,(H2,12,13,14). The highest BCUT2D eigenvalue weighted by atomic mass is 19.3. The fourth-order valence-corrected chi connectivity index (χ4v) is 1.59. The van der Waals surface area contributed by atoms with Crippen LogP contribution >= 0.6 is 0 Å². The van der Waals surface area contributed by atoms with Gasteiger partial charge >= 0.3 is 6.03 Å². The topological polar surface area (TPSA) is 67.1 Å². The van der Waals surface area contributed by atoms with Crippen molar-refractivity contribution in [2.24, 2.45) is 11.8 Å². The van der Waals surface area contributed by atoms with Crippen molar-refractivity contribution < 1.29 is 13.6 Å². The molecule has 0 aromatic heterocycles. The fraction of sp³-hybridized carbons (Fsp3) is 0.875. The Hall–Kier alpha value is -0.910. The Morgan fingerprint density at radius 3 is 2.50 bits per heavy atom. The number of amides is 2. The Balaban J connectivity index is 2.19. The van der Waals surface area contributed by atoms with Crippen LogP contribution in [0.5, 0.6) is 0 Å². The van der Waals surface area contributed by atoms with Crippen LogP contribution in [0.25, 0.3) is 0 Å². The molecular formula is C8H15F2N3O. The molecule has 1 rings (SSSR count). The molecule has 0 radical (unpaired) electrons. The summed E-state index contributed by atoms with van der Waals surface area (Å²) in [7, 11) is 0. The van der Waals surface area contributed by atoms with Crippen LogP contribution in [-0.4, -0.2) is 18.5 Å². The first-order valence-electron chi connectivity index (χ1n) is 4.66. The van der Waals surface area contributed by atoms with Crippen LogP contribution in [0, 0.1) is 5.92 Å². The Kier molecular flexibility index (Phi) is 3.62. The van der Waals surface area contributed by atoms with Crippen LogP contribution in [0.3, 0.4) is 0 Å². The van der Waals surface area contributed by atoms with Gasteiger partial charge in [-0.15, -0.1) is 0 Å². The number of carbonyl (C=O) groups is 1. The molecule has 1 aliphatic carbocycles. The maximum Gasteiger partial charge on any atom is 0.328 e. The van der Waals surface area contributed by atoms with Gasteiger partial charge < -0.3 is 5.32 Å². The Bertz CT molecular complexity index is 201. The lowest BCUT2D eigenvalue weighted by atomic mass is 9.87. The molecule has 4 nitrogen and oxygen atoms in total. The van der Waals surface area contributed by atoms with Crippen molar-refractivity contribution >= 4 is 6.03 Å². The van der Waals surface area contributed by atoms with Crippen LogP contribution in [0.4, 0.5) is 13.6 Å². The third-order valence-electron chi connectivity index (χ3n) is 2.52. The maximum atomic E-state index is 12.7. The zero-order valence-electron chi connectivity index (χ0n) is 7.85. The van der Waals surface area contributed by atoms with E-state index in [0.717, 1.165) is 0 Å². The summed E-state index contributed by atoms with van der Waals surface area (Å²) in [4.78, 5) is 10.7. The van der Waals surface area contributed by atoms with E-state index in [4.69, 9.17) is 5.84 Å². The predicted molar refractivity (Wildman–Crippen MR) is 47.6 cm³/mol. The SMILES string of the molecule is NNC(=O)NCC1CCC(F)(F)CC1. The minimum absolute atomic E-state index is 0.0798. The van der Waals surface area contributed by atoms with Crippen molar-refractivity contribution in [2.75, 3.05) is 6.54 Å². The van der Waals surface area contributed by atoms with Gasteiger partial charge in [0.25, 0.3) is 0 Å². The highest BCUT2D eigenvalue weighted by Crippen LogP contribution is 2.35. The quantitative estimate of drug-likeness (QED) is 0.359. The van der Waals surface area contributed by atoms with Crippen molar-refractivity contribution in [3.63, 3.8) is 0 Å². The van der Waals surface area contributed by atoms with E-state index in [1.807, 2.05) is 5.43 Å². The van der Waals surface area contributed by atoms with Crippen LogP contribution in [0.2, 0.25) is 0 Å². The summed E-state index contributed by atoms with van der Waals surface area (Å²) in [5.74, 6) is 2.49. The van der Waals surface area contributed by atoms with E-state index >= 15 is 0 Å². The zero-order chi connectivity index (χ0) is 10.6. The zero-order valence-corrected chi connectivity index (χ0v) is 7.85. The molecule has 14 heavy (non-hydrogen) atoms. The molecule has 6 heteroatoms. The van der Waals surface area contributed by atoms with Gasteiger partial charge in [-0.1, -0.05) is 0 Å². The normalized spacial score (nSPS) is 21.6. The van der Waals surface area contributed by atoms with E-state index < -0.39 is 12.0 Å². The first-order valence-corrected chi connectivity index (χ1v) is 4.66. The van der Waals surface area contributed by atoms with Gasteiger partial charge in [0.15, 0.2) is 0 Å². The summed E-state index contributed by atoms with van der Waals surface area (Å²) >= 11 is 0. The number of nitrogens with one attached hydrogen (secondary N) is 2. The van der Waals surface area contributed by atoms with E-state index in [9.17, 15) is 13.6 Å². The predicted octanol–water partition coefficient (Wildman–Crippen LogP) is 0.985. The lowest BCUT2D eigenvalue weighted by Crippen LogP contribution is -2.42. The number of alkyl halides is 2. The molecule has 1 fully saturated rings. The largest absolute Gasteiger partial charge is 0.337 e. The van der Waals surface area contributed by atoms with E-state index in [2.05, 4.69) is 5.32 Å². The summed E-state index contributed by atoms with van der Waals surface area (Å²) in [6, 6.07) is -0.470. The number of halogens is 2. The van der Waals surface area contributed by atoms with E-state index in [1.54, 1.807) is 0 Å². The summed E-state index contributed by atoms with van der Waals surface area (Å²) in [6.45, 7) is 0.416. The second-order valence-corrected chi connectivity index (χ2v) is 3.65. The third-order valence-corrected chi connectivity index (χ3v) is 2.52. The monoisotopic (exact) mass is 207 g/mol. The van der Waals surface area contributed by atoms with Gasteiger partial charge in [0.05, 0.1) is 0 Å². The van der Waals surface area contributed by atoms with Gasteiger partial charge in [-0.2, -0.15) is 0 Å². The van der Waals surface area contributed by atoms with Crippen LogP contribution in [0.1, 0.15) is 25.7 Å². The Morgan fingerprint density at radius 2 is 2.00 bits per heavy atom. The number of carbonyl (C=O) groups excluding carboxylic acids is 1. The molecule has 4 N–H and O–H groups in total. The maximum absolute atomic E-state index is 12.7. The highest BCUT2D eigenvalue weighted by molar-refractivity contribution is 5.72. The summed E-state index contributed by atoms with van der Waals surface area (Å²) in [5, 5.41) is 2.51. The molecule has 82 valence electrons. The van der Waals surface area contributed by atoms with E-state index in [1.165, 1.54) is 0 Å². The second-order valence-electron chi connectivity index (χ2n) is 3.65. The van der Waals surface area contributed by atoms with Gasteiger partial charge in [0.1, 0.15) is 0 Å². The summed E-state index contributed by atoms with van der Waals surface area (Å²) in [6.07, 6.45) is 0.753. The number of rotatable bonds is 2. The molecule has 0 spiro atoms. The van der Waals surface area contributed by atoms with Crippen molar-refractivity contribution in [1.82, 2.24) is 10.7 Å². The van der Waals surface area contributed by atoms with E-state index in [-0.39, 0.29) is 18.8 Å². The molecule has 0 aromatic rings. The minimum atomic E-state index is -2.51. The van der Waals surface area contributed by atoms with Gasteiger partial charge in [-0.25, -0.2) is 19.4 Å². The second kappa shape index (κ2) is 4.54. The number of hydrazine groups is 1. The van der Waals surface area contributed by atoms with Crippen LogP contribution in [-0.2, 0) is 0 Å².